The van der Waals surface area contributed by atoms with E-state index >= 15 is 0 Å². The average molecular weight is 184 g/mol. The van der Waals surface area contributed by atoms with E-state index in [1.165, 1.54) is 0 Å². The molecule has 3 nitrogen and oxygen atoms in total. The monoisotopic (exact) mass is 184 g/mol. The molecule has 0 radical (unpaired) electrons. The molecule has 0 unspecified atom stereocenters. The Morgan fingerprint density at radius 1 is 1.31 bits per heavy atom. The van der Waals surface area contributed by atoms with Crippen LogP contribution in [0.15, 0.2) is 0 Å². The van der Waals surface area contributed by atoms with Crippen molar-refractivity contribution in [3.8, 4) is 0 Å². The third kappa shape index (κ3) is 1.51. The molecule has 1 atom stereocenters. The van der Waals surface area contributed by atoms with Gasteiger partial charge in [-0.05, 0) is 19.8 Å². The van der Waals surface area contributed by atoms with Gasteiger partial charge in [0.15, 0.2) is 5.79 Å². The van der Waals surface area contributed by atoms with Gasteiger partial charge in [-0.2, -0.15) is 0 Å². The Morgan fingerprint density at radius 2 is 2.00 bits per heavy atom. The Balaban J connectivity index is 2.16. The molecule has 1 aliphatic heterocycles. The van der Waals surface area contributed by atoms with Crippen molar-refractivity contribution in [2.75, 3.05) is 13.2 Å². The summed E-state index contributed by atoms with van der Waals surface area (Å²) in [6.07, 6.45) is 4.05. The Labute approximate surface area is 78.4 Å². The first-order chi connectivity index (χ1) is 6.25. The molecule has 0 aromatic carbocycles. The maximum Gasteiger partial charge on any atom is 0.178 e. The van der Waals surface area contributed by atoms with E-state index in [1.54, 1.807) is 6.92 Å². The highest BCUT2D eigenvalue weighted by Gasteiger charge is 2.47. The van der Waals surface area contributed by atoms with Crippen LogP contribution in [0.4, 0.5) is 0 Å². The van der Waals surface area contributed by atoms with Crippen LogP contribution in [0.2, 0.25) is 0 Å². The first-order valence-corrected chi connectivity index (χ1v) is 5.03. The smallest absolute Gasteiger partial charge is 0.178 e. The van der Waals surface area contributed by atoms with Gasteiger partial charge in [-0.1, -0.05) is 6.42 Å². The van der Waals surface area contributed by atoms with E-state index in [9.17, 15) is 4.79 Å². The van der Waals surface area contributed by atoms with Gasteiger partial charge in [-0.25, -0.2) is 0 Å². The van der Waals surface area contributed by atoms with Gasteiger partial charge in [0.25, 0.3) is 0 Å². The number of rotatable bonds is 1. The molecule has 0 bridgehead atoms. The molecule has 2 fully saturated rings. The predicted molar refractivity (Wildman–Crippen MR) is 47.3 cm³/mol. The highest BCUT2D eigenvalue weighted by molar-refractivity contribution is 5.79. The number of ketones is 1. The van der Waals surface area contributed by atoms with E-state index in [2.05, 4.69) is 0 Å². The predicted octanol–water partition coefficient (Wildman–Crippen LogP) is 1.51. The molecule has 2 aliphatic rings. The first-order valence-electron chi connectivity index (χ1n) is 5.03. The molecule has 1 saturated carbocycles. The molecular weight excluding hydrogens is 168 g/mol. The molecule has 0 aromatic heterocycles. The van der Waals surface area contributed by atoms with Crippen LogP contribution in [0.5, 0.6) is 0 Å². The van der Waals surface area contributed by atoms with Gasteiger partial charge in [0.05, 0.1) is 19.1 Å². The van der Waals surface area contributed by atoms with Crippen molar-refractivity contribution >= 4 is 5.78 Å². The molecule has 74 valence electrons. The van der Waals surface area contributed by atoms with Crippen molar-refractivity contribution in [2.24, 2.45) is 5.92 Å². The highest BCUT2D eigenvalue weighted by Crippen LogP contribution is 2.40. The molecule has 0 aromatic rings. The topological polar surface area (TPSA) is 35.5 Å². The zero-order valence-corrected chi connectivity index (χ0v) is 8.04. The molecule has 1 saturated heterocycles. The number of hydrogen-bond acceptors (Lipinski definition) is 3. The van der Waals surface area contributed by atoms with Crippen LogP contribution in [0, 0.1) is 5.92 Å². The second-order valence-corrected chi connectivity index (χ2v) is 3.92. The molecule has 13 heavy (non-hydrogen) atoms. The average Bonchev–Trinajstić information content (AvgIpc) is 2.54. The van der Waals surface area contributed by atoms with Crippen molar-refractivity contribution < 1.29 is 14.3 Å². The number of carbonyl (C=O) groups excluding carboxylic acids is 1. The zero-order valence-electron chi connectivity index (χ0n) is 8.04. The normalized spacial score (nSPS) is 32.2. The summed E-state index contributed by atoms with van der Waals surface area (Å²) in [6, 6.07) is 0. The molecule has 1 spiro atoms. The second-order valence-electron chi connectivity index (χ2n) is 3.92. The Hall–Kier alpha value is -0.410. The van der Waals surface area contributed by atoms with Crippen molar-refractivity contribution in [1.29, 1.82) is 0 Å². The summed E-state index contributed by atoms with van der Waals surface area (Å²) in [4.78, 5) is 11.4. The van der Waals surface area contributed by atoms with Gasteiger partial charge in [0, 0.05) is 6.42 Å². The van der Waals surface area contributed by atoms with Crippen molar-refractivity contribution in [3.05, 3.63) is 0 Å². The summed E-state index contributed by atoms with van der Waals surface area (Å²) in [7, 11) is 0. The number of carbonyl (C=O) groups is 1. The maximum atomic E-state index is 11.4. The lowest BCUT2D eigenvalue weighted by Crippen LogP contribution is -2.45. The van der Waals surface area contributed by atoms with Gasteiger partial charge in [0.2, 0.25) is 0 Å². The number of Topliss-reactive ketones (excluding diaryl/α,β-unsaturated/α-hetero) is 1. The van der Waals surface area contributed by atoms with Crippen LogP contribution in [0.25, 0.3) is 0 Å². The Kier molecular flexibility index (Phi) is 2.39. The number of hydrogen-bond donors (Lipinski definition) is 0. The molecule has 3 heteroatoms. The van der Waals surface area contributed by atoms with Crippen LogP contribution in [-0.4, -0.2) is 24.8 Å². The Morgan fingerprint density at radius 3 is 2.62 bits per heavy atom. The van der Waals surface area contributed by atoms with Crippen molar-refractivity contribution in [2.45, 2.75) is 38.4 Å². The fraction of sp³-hybridized carbons (Fsp3) is 0.900. The van der Waals surface area contributed by atoms with E-state index < -0.39 is 5.79 Å². The fourth-order valence-corrected chi connectivity index (χ4v) is 2.44. The zero-order chi connectivity index (χ0) is 9.31. The lowest BCUT2D eigenvalue weighted by atomic mass is 9.81. The molecule has 1 aliphatic carbocycles. The minimum absolute atomic E-state index is 0.0243. The minimum Gasteiger partial charge on any atom is -0.347 e. The van der Waals surface area contributed by atoms with E-state index in [0.29, 0.717) is 13.2 Å². The highest BCUT2D eigenvalue weighted by atomic mass is 16.7. The molecule has 0 amide bonds. The fourth-order valence-electron chi connectivity index (χ4n) is 2.44. The lowest BCUT2D eigenvalue weighted by Gasteiger charge is -2.37. The van der Waals surface area contributed by atoms with Crippen LogP contribution in [0.1, 0.15) is 32.6 Å². The summed E-state index contributed by atoms with van der Waals surface area (Å²) < 4.78 is 11.2. The molecule has 0 N–H and O–H groups in total. The van der Waals surface area contributed by atoms with E-state index in [-0.39, 0.29) is 11.7 Å². The van der Waals surface area contributed by atoms with E-state index in [1.807, 2.05) is 0 Å². The Bertz CT molecular complexity index is 206. The molecule has 2 rings (SSSR count). The first kappa shape index (κ1) is 9.16. The maximum absolute atomic E-state index is 11.4. The largest absolute Gasteiger partial charge is 0.347 e. The van der Waals surface area contributed by atoms with Crippen LogP contribution >= 0.6 is 0 Å². The van der Waals surface area contributed by atoms with Crippen molar-refractivity contribution in [1.82, 2.24) is 0 Å². The summed E-state index contributed by atoms with van der Waals surface area (Å²) in [5.41, 5.74) is 0. The minimum atomic E-state index is -0.538. The van der Waals surface area contributed by atoms with Gasteiger partial charge < -0.3 is 9.47 Å². The lowest BCUT2D eigenvalue weighted by molar-refractivity contribution is -0.210. The third-order valence-electron chi connectivity index (χ3n) is 3.07. The standard InChI is InChI=1S/C10H16O3/c1-8(11)9-4-2-3-5-10(9)12-6-7-13-10/h9H,2-7H2,1H3/t9-/m0/s1. The van der Waals surface area contributed by atoms with Crippen molar-refractivity contribution in [3.63, 3.8) is 0 Å². The molecule has 1 heterocycles. The quantitative estimate of drug-likeness (QED) is 0.619. The second kappa shape index (κ2) is 3.39. The van der Waals surface area contributed by atoms with E-state index in [0.717, 1.165) is 25.7 Å². The van der Waals surface area contributed by atoms with Gasteiger partial charge >= 0.3 is 0 Å². The summed E-state index contributed by atoms with van der Waals surface area (Å²) >= 11 is 0. The summed E-state index contributed by atoms with van der Waals surface area (Å²) in [5.74, 6) is -0.352. The number of ether oxygens (including phenoxy) is 2. The SMILES string of the molecule is CC(=O)[C@@H]1CCCCC12OCCO2. The van der Waals surface area contributed by atoms with Gasteiger partial charge in [-0.3, -0.25) is 4.79 Å². The van der Waals surface area contributed by atoms with E-state index in [4.69, 9.17) is 9.47 Å². The van der Waals surface area contributed by atoms with Crippen LogP contribution in [0.3, 0.4) is 0 Å². The van der Waals surface area contributed by atoms with Crippen LogP contribution < -0.4 is 0 Å². The van der Waals surface area contributed by atoms with Gasteiger partial charge in [0.1, 0.15) is 5.78 Å². The summed E-state index contributed by atoms with van der Waals surface area (Å²) in [6.45, 7) is 2.93. The van der Waals surface area contributed by atoms with Gasteiger partial charge in [-0.15, -0.1) is 0 Å². The summed E-state index contributed by atoms with van der Waals surface area (Å²) in [5, 5.41) is 0. The van der Waals surface area contributed by atoms with Crippen LogP contribution in [-0.2, 0) is 14.3 Å². The molecular formula is C10H16O3. The third-order valence-corrected chi connectivity index (χ3v) is 3.07.